The van der Waals surface area contributed by atoms with Gasteiger partial charge in [-0.1, -0.05) is 20.4 Å². The fraction of sp³-hybridized carbons (Fsp3) is 0.750. The second-order valence-corrected chi connectivity index (χ2v) is 3.57. The van der Waals surface area contributed by atoms with Crippen LogP contribution in [-0.2, 0) is 0 Å². The second kappa shape index (κ2) is 4.67. The van der Waals surface area contributed by atoms with Crippen LogP contribution in [0, 0.1) is 5.92 Å². The molecule has 0 aromatic heterocycles. The van der Waals surface area contributed by atoms with Gasteiger partial charge in [0.25, 0.3) is 0 Å². The van der Waals surface area contributed by atoms with Crippen molar-refractivity contribution in [3.8, 4) is 0 Å². The molecule has 2 heteroatoms. The fourth-order valence-electron chi connectivity index (χ4n) is 0.755. The number of hydrogen-bond donors (Lipinski definition) is 2. The van der Waals surface area contributed by atoms with Gasteiger partial charge < -0.3 is 5.32 Å². The Morgan fingerprint density at radius 1 is 1.40 bits per heavy atom. The van der Waals surface area contributed by atoms with Gasteiger partial charge in [0.1, 0.15) is 0 Å². The van der Waals surface area contributed by atoms with Gasteiger partial charge in [0.15, 0.2) is 0 Å². The summed E-state index contributed by atoms with van der Waals surface area (Å²) in [5.74, 6) is 0.571. The van der Waals surface area contributed by atoms with E-state index in [1.807, 2.05) is 0 Å². The average Bonchev–Trinajstić information content (AvgIpc) is 1.87. The Hall–Kier alpha value is -0.110. The maximum atomic E-state index is 4.35. The molecule has 10 heavy (non-hydrogen) atoms. The SMILES string of the molecule is C=CNC(C)C(C)C(C)S. The molecule has 0 bridgehead atoms. The molecule has 0 saturated heterocycles. The van der Waals surface area contributed by atoms with Gasteiger partial charge in [-0.15, -0.1) is 0 Å². The second-order valence-electron chi connectivity index (χ2n) is 2.76. The average molecular weight is 159 g/mol. The standard InChI is InChI=1S/C8H17NS/c1-5-9-7(3)6(2)8(4)10/h5-10H,1H2,2-4H3. The molecule has 0 aliphatic rings. The molecule has 60 valence electrons. The van der Waals surface area contributed by atoms with Gasteiger partial charge in [0.05, 0.1) is 0 Å². The van der Waals surface area contributed by atoms with Gasteiger partial charge >= 0.3 is 0 Å². The van der Waals surface area contributed by atoms with E-state index < -0.39 is 0 Å². The lowest BCUT2D eigenvalue weighted by molar-refractivity contribution is 0.437. The predicted octanol–water partition coefficient (Wildman–Crippen LogP) is 2.06. The molecule has 0 saturated carbocycles. The van der Waals surface area contributed by atoms with Gasteiger partial charge in [0.2, 0.25) is 0 Å². The molecule has 0 rings (SSSR count). The summed E-state index contributed by atoms with van der Waals surface area (Å²) in [6.45, 7) is 10.0. The van der Waals surface area contributed by atoms with Crippen molar-refractivity contribution >= 4 is 12.6 Å². The maximum Gasteiger partial charge on any atom is 0.0263 e. The molecular formula is C8H17NS. The van der Waals surface area contributed by atoms with E-state index in [-0.39, 0.29) is 0 Å². The van der Waals surface area contributed by atoms with Crippen LogP contribution in [0.5, 0.6) is 0 Å². The Balaban J connectivity index is 3.68. The normalized spacial score (nSPS) is 19.2. The summed E-state index contributed by atoms with van der Waals surface area (Å²) >= 11 is 4.35. The van der Waals surface area contributed by atoms with E-state index in [1.165, 1.54) is 0 Å². The minimum absolute atomic E-state index is 0.433. The summed E-state index contributed by atoms with van der Waals surface area (Å²) in [6, 6.07) is 0.463. The Labute approximate surface area is 69.3 Å². The van der Waals surface area contributed by atoms with Crippen molar-refractivity contribution in [2.45, 2.75) is 32.1 Å². The molecule has 0 aliphatic heterocycles. The third-order valence-electron chi connectivity index (χ3n) is 1.93. The van der Waals surface area contributed by atoms with Crippen LogP contribution in [0.3, 0.4) is 0 Å². The summed E-state index contributed by atoms with van der Waals surface area (Å²) in [4.78, 5) is 0. The van der Waals surface area contributed by atoms with Crippen LogP contribution in [-0.4, -0.2) is 11.3 Å². The van der Waals surface area contributed by atoms with Crippen LogP contribution in [0.1, 0.15) is 20.8 Å². The number of thiol groups is 1. The van der Waals surface area contributed by atoms with Gasteiger partial charge in [-0.3, -0.25) is 0 Å². The van der Waals surface area contributed by atoms with Gasteiger partial charge in [-0.25, -0.2) is 0 Å². The predicted molar refractivity (Wildman–Crippen MR) is 50.4 cm³/mol. The Morgan fingerprint density at radius 3 is 2.20 bits per heavy atom. The molecule has 0 aromatic rings. The van der Waals surface area contributed by atoms with E-state index in [0.717, 1.165) is 0 Å². The molecule has 3 atom stereocenters. The van der Waals surface area contributed by atoms with Crippen LogP contribution in [0.4, 0.5) is 0 Å². The monoisotopic (exact) mass is 159 g/mol. The Kier molecular flexibility index (Phi) is 4.62. The van der Waals surface area contributed by atoms with Crippen LogP contribution < -0.4 is 5.32 Å². The van der Waals surface area contributed by atoms with Crippen molar-refractivity contribution in [1.29, 1.82) is 0 Å². The van der Waals surface area contributed by atoms with Crippen LogP contribution >= 0.6 is 12.6 Å². The van der Waals surface area contributed by atoms with E-state index in [0.29, 0.717) is 17.2 Å². The van der Waals surface area contributed by atoms with E-state index >= 15 is 0 Å². The minimum atomic E-state index is 0.433. The van der Waals surface area contributed by atoms with Crippen molar-refractivity contribution in [2.75, 3.05) is 0 Å². The van der Waals surface area contributed by atoms with Gasteiger partial charge in [0, 0.05) is 11.3 Å². The zero-order valence-electron chi connectivity index (χ0n) is 6.96. The van der Waals surface area contributed by atoms with Crippen LogP contribution in [0.25, 0.3) is 0 Å². The molecule has 1 nitrogen and oxygen atoms in total. The highest BCUT2D eigenvalue weighted by atomic mass is 32.1. The molecule has 3 unspecified atom stereocenters. The lowest BCUT2D eigenvalue weighted by Crippen LogP contribution is -2.32. The summed E-state index contributed by atoms with van der Waals surface area (Å²) in [5.41, 5.74) is 0. The molecule has 0 aliphatic carbocycles. The molecule has 1 N–H and O–H groups in total. The molecule has 0 radical (unpaired) electrons. The first-order valence-corrected chi connectivity index (χ1v) is 4.16. The highest BCUT2D eigenvalue weighted by Gasteiger charge is 2.13. The van der Waals surface area contributed by atoms with Crippen molar-refractivity contribution in [1.82, 2.24) is 5.32 Å². The maximum absolute atomic E-state index is 4.35. The Morgan fingerprint density at radius 2 is 1.90 bits per heavy atom. The zero-order chi connectivity index (χ0) is 8.15. The molecular weight excluding hydrogens is 142 g/mol. The van der Waals surface area contributed by atoms with E-state index in [4.69, 9.17) is 0 Å². The Bertz CT molecular complexity index is 101. The fourth-order valence-corrected chi connectivity index (χ4v) is 1.01. The lowest BCUT2D eigenvalue weighted by Gasteiger charge is -2.22. The quantitative estimate of drug-likeness (QED) is 0.598. The number of hydrogen-bond acceptors (Lipinski definition) is 2. The smallest absolute Gasteiger partial charge is 0.0263 e. The van der Waals surface area contributed by atoms with Gasteiger partial charge in [-0.05, 0) is 19.0 Å². The molecule has 0 amide bonds. The first-order chi connectivity index (χ1) is 4.59. The van der Waals surface area contributed by atoms with Crippen molar-refractivity contribution in [3.05, 3.63) is 12.8 Å². The third-order valence-corrected chi connectivity index (χ3v) is 2.40. The molecule has 0 spiro atoms. The third kappa shape index (κ3) is 3.16. The summed E-state index contributed by atoms with van der Waals surface area (Å²) in [7, 11) is 0. The molecule has 0 heterocycles. The first-order valence-electron chi connectivity index (χ1n) is 3.64. The van der Waals surface area contributed by atoms with E-state index in [9.17, 15) is 0 Å². The topological polar surface area (TPSA) is 12.0 Å². The highest BCUT2D eigenvalue weighted by molar-refractivity contribution is 7.80. The largest absolute Gasteiger partial charge is 0.389 e. The van der Waals surface area contributed by atoms with E-state index in [2.05, 4.69) is 45.3 Å². The van der Waals surface area contributed by atoms with Crippen LogP contribution in [0.15, 0.2) is 12.8 Å². The summed E-state index contributed by atoms with van der Waals surface area (Å²) < 4.78 is 0. The first kappa shape index (κ1) is 9.89. The van der Waals surface area contributed by atoms with Crippen molar-refractivity contribution in [3.63, 3.8) is 0 Å². The van der Waals surface area contributed by atoms with E-state index in [1.54, 1.807) is 6.20 Å². The zero-order valence-corrected chi connectivity index (χ0v) is 7.86. The lowest BCUT2D eigenvalue weighted by atomic mass is 10.0. The van der Waals surface area contributed by atoms with Gasteiger partial charge in [-0.2, -0.15) is 12.6 Å². The summed E-state index contributed by atoms with van der Waals surface area (Å²) in [6.07, 6.45) is 1.73. The highest BCUT2D eigenvalue weighted by Crippen LogP contribution is 2.12. The number of rotatable bonds is 4. The van der Waals surface area contributed by atoms with Crippen molar-refractivity contribution < 1.29 is 0 Å². The molecule has 0 aromatic carbocycles. The number of nitrogens with one attached hydrogen (secondary N) is 1. The van der Waals surface area contributed by atoms with Crippen molar-refractivity contribution in [2.24, 2.45) is 5.92 Å². The molecule has 0 fully saturated rings. The van der Waals surface area contributed by atoms with Crippen LogP contribution in [0.2, 0.25) is 0 Å². The minimum Gasteiger partial charge on any atom is -0.389 e. The summed E-state index contributed by atoms with van der Waals surface area (Å²) in [5, 5.41) is 3.57.